The third-order valence-corrected chi connectivity index (χ3v) is 6.74. The molecule has 6 nitrogen and oxygen atoms in total. The third-order valence-electron chi connectivity index (χ3n) is 3.30. The molecule has 0 radical (unpaired) electrons. The Balaban J connectivity index is 5.48. The molecule has 0 bridgehead atoms. The van der Waals surface area contributed by atoms with Crippen molar-refractivity contribution in [3.05, 3.63) is 0 Å². The molecule has 0 fully saturated rings. The number of ether oxygens (including phenoxy) is 1. The van der Waals surface area contributed by atoms with E-state index in [2.05, 4.69) is 4.74 Å². The predicted molar refractivity (Wildman–Crippen MR) is 75.9 cm³/mol. The number of esters is 1. The summed E-state index contributed by atoms with van der Waals surface area (Å²) in [7, 11) is -6.59. The maximum absolute atomic E-state index is 12.9. The summed E-state index contributed by atoms with van der Waals surface area (Å²) in [6, 6.07) is 0.252. The summed E-state index contributed by atoms with van der Waals surface area (Å²) in [4.78, 5) is 11.5. The van der Waals surface area contributed by atoms with E-state index < -0.39 is 54.5 Å². The minimum Gasteiger partial charge on any atom is -0.438 e. The Labute approximate surface area is 141 Å². The van der Waals surface area contributed by atoms with Gasteiger partial charge in [0.1, 0.15) is 5.75 Å². The van der Waals surface area contributed by atoms with Crippen molar-refractivity contribution in [2.24, 2.45) is 0 Å². The molecule has 0 aromatic heterocycles. The molecule has 0 amide bonds. The largest absolute Gasteiger partial charge is 0.438 e. The van der Waals surface area contributed by atoms with Gasteiger partial charge in [-0.1, -0.05) is 0 Å². The van der Waals surface area contributed by atoms with Crippen LogP contribution in [0.5, 0.6) is 0 Å². The topological polar surface area (TPSA) is 89.9 Å². The smallest absolute Gasteiger partial charge is 0.438 e. The molecule has 0 atom stereocenters. The minimum absolute atomic E-state index is 0.108. The molecule has 1 N–H and O–H groups in total. The molecule has 0 aromatic carbocycles. The van der Waals surface area contributed by atoms with Gasteiger partial charge in [0, 0.05) is 13.5 Å². The lowest BCUT2D eigenvalue weighted by molar-refractivity contribution is -0.361. The van der Waals surface area contributed by atoms with Gasteiger partial charge in [0.25, 0.3) is 10.1 Å². The number of alkyl halides is 6. The molecule has 14 heteroatoms. The lowest BCUT2D eigenvalue weighted by Gasteiger charge is -2.35. The highest BCUT2D eigenvalue weighted by molar-refractivity contribution is 7.85. The van der Waals surface area contributed by atoms with E-state index in [0.29, 0.717) is 0 Å². The van der Waals surface area contributed by atoms with Crippen LogP contribution in [-0.2, 0) is 24.1 Å². The summed E-state index contributed by atoms with van der Waals surface area (Å²) < 4.78 is 116. The van der Waals surface area contributed by atoms with Crippen LogP contribution >= 0.6 is 0 Å². The van der Waals surface area contributed by atoms with Gasteiger partial charge in [-0.3, -0.25) is 9.35 Å². The number of carbonyl (C=O) groups excluding carboxylic acids is 1. The zero-order valence-electron chi connectivity index (χ0n) is 13.5. The van der Waals surface area contributed by atoms with Gasteiger partial charge in [-0.05, 0) is 25.6 Å². The maximum atomic E-state index is 12.9. The van der Waals surface area contributed by atoms with Crippen LogP contribution in [0.25, 0.3) is 0 Å². The van der Waals surface area contributed by atoms with Crippen LogP contribution in [0.3, 0.4) is 0 Å². The first-order chi connectivity index (χ1) is 10.9. The normalized spacial score (nSPS) is 14.5. The highest BCUT2D eigenvalue weighted by Crippen LogP contribution is 2.47. The van der Waals surface area contributed by atoms with Crippen LogP contribution in [0.1, 0.15) is 12.8 Å². The SMILES string of the molecule is CO[Si](C)(C)CCCC(=O)OC(CS(=O)(=O)O)(C(F)(F)F)C(F)(F)F. The van der Waals surface area contributed by atoms with Gasteiger partial charge in [0.05, 0.1) is 0 Å². The van der Waals surface area contributed by atoms with Crippen molar-refractivity contribution in [3.8, 4) is 0 Å². The Morgan fingerprint density at radius 2 is 1.52 bits per heavy atom. The molecular weight excluding hydrogens is 402 g/mol. The van der Waals surface area contributed by atoms with Crippen molar-refractivity contribution < 1.29 is 53.3 Å². The second-order valence-corrected chi connectivity index (χ2v) is 11.7. The number of hydrogen-bond acceptors (Lipinski definition) is 5. The Bertz CT molecular complexity index is 557. The lowest BCUT2D eigenvalue weighted by atomic mass is 10.1. The summed E-state index contributed by atoms with van der Waals surface area (Å²) in [6.45, 7) is 3.43. The van der Waals surface area contributed by atoms with E-state index in [9.17, 15) is 39.6 Å². The van der Waals surface area contributed by atoms with Crippen LogP contribution in [0.2, 0.25) is 19.1 Å². The standard InChI is InChI=1S/C11H18F6O6SSi/c1-22-25(2,3)6-4-5-8(18)23-9(10(12,13)14,11(15,16)17)7-24(19,20)21/h4-7H2,1-3H3,(H,19,20,21). The summed E-state index contributed by atoms with van der Waals surface area (Å²) in [6.07, 6.45) is -13.5. The van der Waals surface area contributed by atoms with Crippen molar-refractivity contribution in [2.45, 2.75) is 49.9 Å². The summed E-state index contributed by atoms with van der Waals surface area (Å²) in [5.74, 6) is -4.77. The molecule has 0 spiro atoms. The molecule has 0 aromatic rings. The molecule has 0 aliphatic rings. The van der Waals surface area contributed by atoms with Gasteiger partial charge in [-0.25, -0.2) is 0 Å². The van der Waals surface area contributed by atoms with E-state index in [1.165, 1.54) is 7.11 Å². The number of rotatable bonds is 8. The van der Waals surface area contributed by atoms with Gasteiger partial charge >= 0.3 is 23.9 Å². The second-order valence-electron chi connectivity index (χ2n) is 5.84. The van der Waals surface area contributed by atoms with Crippen molar-refractivity contribution in [2.75, 3.05) is 12.9 Å². The molecule has 0 saturated carbocycles. The van der Waals surface area contributed by atoms with E-state index in [0.717, 1.165) is 0 Å². The van der Waals surface area contributed by atoms with E-state index in [-0.39, 0.29) is 12.5 Å². The number of carbonyl (C=O) groups is 1. The van der Waals surface area contributed by atoms with Crippen LogP contribution in [-0.4, -0.2) is 58.1 Å². The number of hydrogen-bond donors (Lipinski definition) is 1. The zero-order valence-corrected chi connectivity index (χ0v) is 15.3. The monoisotopic (exact) mass is 420 g/mol. The second kappa shape index (κ2) is 7.80. The fraction of sp³-hybridized carbons (Fsp3) is 0.909. The highest BCUT2D eigenvalue weighted by atomic mass is 32.2. The van der Waals surface area contributed by atoms with E-state index in [4.69, 9.17) is 8.98 Å². The van der Waals surface area contributed by atoms with Gasteiger partial charge in [0.2, 0.25) is 0 Å². The van der Waals surface area contributed by atoms with Crippen LogP contribution in [0.4, 0.5) is 26.3 Å². The van der Waals surface area contributed by atoms with E-state index >= 15 is 0 Å². The molecule has 0 heterocycles. The summed E-state index contributed by atoms with van der Waals surface area (Å²) >= 11 is 0. The Morgan fingerprint density at radius 3 is 1.84 bits per heavy atom. The Hall–Kier alpha value is -0.863. The Kier molecular flexibility index (Phi) is 7.53. The average molecular weight is 420 g/mol. The van der Waals surface area contributed by atoms with Crippen molar-refractivity contribution in [3.63, 3.8) is 0 Å². The molecule has 150 valence electrons. The molecule has 0 aliphatic carbocycles. The van der Waals surface area contributed by atoms with Crippen molar-refractivity contribution in [1.29, 1.82) is 0 Å². The first-order valence-electron chi connectivity index (χ1n) is 6.72. The summed E-state index contributed by atoms with van der Waals surface area (Å²) in [5, 5.41) is 0. The average Bonchev–Trinajstić information content (AvgIpc) is 2.33. The summed E-state index contributed by atoms with van der Waals surface area (Å²) in [5.41, 5.74) is -5.35. The molecular formula is C11H18F6O6SSi. The molecule has 0 saturated heterocycles. The van der Waals surface area contributed by atoms with E-state index in [1.807, 2.05) is 0 Å². The first kappa shape index (κ1) is 24.1. The van der Waals surface area contributed by atoms with E-state index in [1.54, 1.807) is 13.1 Å². The van der Waals surface area contributed by atoms with Crippen LogP contribution < -0.4 is 0 Å². The third kappa shape index (κ3) is 7.11. The number of halogens is 6. The fourth-order valence-corrected chi connectivity index (χ4v) is 3.86. The van der Waals surface area contributed by atoms with Crippen molar-refractivity contribution in [1.82, 2.24) is 0 Å². The predicted octanol–water partition coefficient (Wildman–Crippen LogP) is 2.91. The molecule has 0 rings (SSSR count). The molecule has 25 heavy (non-hydrogen) atoms. The minimum atomic E-state index is -6.31. The molecule has 0 aliphatic heterocycles. The maximum Gasteiger partial charge on any atom is 0.438 e. The molecule has 0 unspecified atom stereocenters. The highest BCUT2D eigenvalue weighted by Gasteiger charge is 2.75. The van der Waals surface area contributed by atoms with Crippen LogP contribution in [0, 0.1) is 0 Å². The van der Waals surface area contributed by atoms with Gasteiger partial charge in [0.15, 0.2) is 8.32 Å². The quantitative estimate of drug-likeness (QED) is 0.281. The van der Waals surface area contributed by atoms with Crippen LogP contribution in [0.15, 0.2) is 0 Å². The zero-order chi connectivity index (χ0) is 20.3. The van der Waals surface area contributed by atoms with Gasteiger partial charge in [-0.15, -0.1) is 0 Å². The van der Waals surface area contributed by atoms with Gasteiger partial charge in [-0.2, -0.15) is 34.8 Å². The first-order valence-corrected chi connectivity index (χ1v) is 11.4. The lowest BCUT2D eigenvalue weighted by Crippen LogP contribution is -2.63. The van der Waals surface area contributed by atoms with Gasteiger partial charge < -0.3 is 9.16 Å². The van der Waals surface area contributed by atoms with Crippen molar-refractivity contribution >= 4 is 24.4 Å². The fourth-order valence-electron chi connectivity index (χ4n) is 1.73. The Morgan fingerprint density at radius 1 is 1.08 bits per heavy atom.